The number of nitrogens with two attached hydrogens (primary N) is 1. The van der Waals surface area contributed by atoms with Gasteiger partial charge in [0.1, 0.15) is 5.76 Å². The molecule has 4 heteroatoms. The average Bonchev–Trinajstić information content (AvgIpc) is 2.71. The highest BCUT2D eigenvalue weighted by Crippen LogP contribution is 2.25. The SMILES string of the molecule is Cc1nc(C2CCOC2)oc1CN. The van der Waals surface area contributed by atoms with Crippen LogP contribution >= 0.6 is 0 Å². The second-order valence-corrected chi connectivity index (χ2v) is 3.33. The van der Waals surface area contributed by atoms with Crippen molar-refractivity contribution in [2.24, 2.45) is 5.73 Å². The van der Waals surface area contributed by atoms with Gasteiger partial charge in [-0.15, -0.1) is 0 Å². The summed E-state index contributed by atoms with van der Waals surface area (Å²) in [5, 5.41) is 0. The molecule has 0 radical (unpaired) electrons. The minimum Gasteiger partial charge on any atom is -0.444 e. The Balaban J connectivity index is 2.20. The third-order valence-corrected chi connectivity index (χ3v) is 2.37. The molecule has 2 rings (SSSR count). The first-order valence-electron chi connectivity index (χ1n) is 4.55. The van der Waals surface area contributed by atoms with E-state index in [1.165, 1.54) is 0 Å². The maximum absolute atomic E-state index is 5.53. The van der Waals surface area contributed by atoms with Crippen molar-refractivity contribution in [3.05, 3.63) is 17.3 Å². The molecule has 1 aromatic rings. The van der Waals surface area contributed by atoms with Gasteiger partial charge in [-0.2, -0.15) is 0 Å². The number of nitrogens with zero attached hydrogens (tertiary/aromatic N) is 1. The minimum atomic E-state index is 0.332. The van der Waals surface area contributed by atoms with E-state index in [1.54, 1.807) is 0 Å². The molecule has 1 saturated heterocycles. The predicted molar refractivity (Wildman–Crippen MR) is 47.3 cm³/mol. The Hall–Kier alpha value is -0.870. The molecule has 1 aliphatic rings. The molecule has 4 nitrogen and oxygen atoms in total. The van der Waals surface area contributed by atoms with Gasteiger partial charge in [-0.25, -0.2) is 4.98 Å². The zero-order valence-corrected chi connectivity index (χ0v) is 7.75. The fraction of sp³-hybridized carbons (Fsp3) is 0.667. The molecule has 2 N–H and O–H groups in total. The second-order valence-electron chi connectivity index (χ2n) is 3.33. The van der Waals surface area contributed by atoms with Crippen LogP contribution in [0.25, 0.3) is 0 Å². The van der Waals surface area contributed by atoms with Crippen molar-refractivity contribution < 1.29 is 9.15 Å². The molecule has 0 aromatic carbocycles. The molecule has 13 heavy (non-hydrogen) atoms. The first kappa shape index (κ1) is 8.72. The Kier molecular flexibility index (Phi) is 2.33. The maximum Gasteiger partial charge on any atom is 0.200 e. The first-order valence-corrected chi connectivity index (χ1v) is 4.55. The Morgan fingerprint density at radius 3 is 3.00 bits per heavy atom. The Bertz CT molecular complexity index is 290. The van der Waals surface area contributed by atoms with E-state index in [9.17, 15) is 0 Å². The van der Waals surface area contributed by atoms with Crippen LogP contribution in [0.15, 0.2) is 4.42 Å². The lowest BCUT2D eigenvalue weighted by Crippen LogP contribution is -1.97. The summed E-state index contributed by atoms with van der Waals surface area (Å²) in [6.45, 7) is 3.88. The van der Waals surface area contributed by atoms with Crippen LogP contribution in [-0.4, -0.2) is 18.2 Å². The number of hydrogen-bond donors (Lipinski definition) is 1. The van der Waals surface area contributed by atoms with E-state index in [0.717, 1.165) is 37.0 Å². The summed E-state index contributed by atoms with van der Waals surface area (Å²) in [4.78, 5) is 4.34. The third kappa shape index (κ3) is 1.59. The molecule has 1 aliphatic heterocycles. The number of ether oxygens (including phenoxy) is 1. The van der Waals surface area contributed by atoms with Crippen LogP contribution in [-0.2, 0) is 11.3 Å². The fourth-order valence-corrected chi connectivity index (χ4v) is 1.54. The molecule has 1 atom stereocenters. The molecule has 1 aromatic heterocycles. The van der Waals surface area contributed by atoms with Gasteiger partial charge in [-0.05, 0) is 13.3 Å². The second kappa shape index (κ2) is 3.47. The number of oxazole rings is 1. The van der Waals surface area contributed by atoms with Crippen molar-refractivity contribution in [3.8, 4) is 0 Å². The van der Waals surface area contributed by atoms with E-state index in [0.29, 0.717) is 12.5 Å². The standard InChI is InChI=1S/C9H14N2O2/c1-6-8(4-10)13-9(11-6)7-2-3-12-5-7/h7H,2-5,10H2,1H3. The van der Waals surface area contributed by atoms with E-state index >= 15 is 0 Å². The van der Waals surface area contributed by atoms with Gasteiger partial charge in [0.2, 0.25) is 0 Å². The van der Waals surface area contributed by atoms with Crippen LogP contribution in [0.3, 0.4) is 0 Å². The highest BCUT2D eigenvalue weighted by molar-refractivity contribution is 5.10. The lowest BCUT2D eigenvalue weighted by molar-refractivity contribution is 0.190. The smallest absolute Gasteiger partial charge is 0.200 e. The molecule has 0 amide bonds. The average molecular weight is 182 g/mol. The lowest BCUT2D eigenvalue weighted by Gasteiger charge is -1.99. The Morgan fingerprint density at radius 1 is 1.62 bits per heavy atom. The quantitative estimate of drug-likeness (QED) is 0.739. The molecule has 0 bridgehead atoms. The summed E-state index contributed by atoms with van der Waals surface area (Å²) in [5.74, 6) is 1.91. The molecule has 2 heterocycles. The van der Waals surface area contributed by atoms with Gasteiger partial charge in [0, 0.05) is 6.61 Å². The molecule has 1 unspecified atom stereocenters. The van der Waals surface area contributed by atoms with Crippen LogP contribution in [0.4, 0.5) is 0 Å². The zero-order chi connectivity index (χ0) is 9.26. The van der Waals surface area contributed by atoms with Crippen molar-refractivity contribution >= 4 is 0 Å². The number of aromatic nitrogens is 1. The van der Waals surface area contributed by atoms with Gasteiger partial charge >= 0.3 is 0 Å². The van der Waals surface area contributed by atoms with Gasteiger partial charge in [0.25, 0.3) is 0 Å². The van der Waals surface area contributed by atoms with Crippen molar-refractivity contribution in [3.63, 3.8) is 0 Å². The molecule has 0 spiro atoms. The fourth-order valence-electron chi connectivity index (χ4n) is 1.54. The van der Waals surface area contributed by atoms with Crippen LogP contribution in [0.2, 0.25) is 0 Å². The van der Waals surface area contributed by atoms with E-state index in [1.807, 2.05) is 6.92 Å². The third-order valence-electron chi connectivity index (χ3n) is 2.37. The molecular formula is C9H14N2O2. The highest BCUT2D eigenvalue weighted by atomic mass is 16.5. The van der Waals surface area contributed by atoms with Crippen LogP contribution in [0.5, 0.6) is 0 Å². The number of rotatable bonds is 2. The van der Waals surface area contributed by atoms with Gasteiger partial charge < -0.3 is 14.9 Å². The highest BCUT2D eigenvalue weighted by Gasteiger charge is 2.23. The minimum absolute atomic E-state index is 0.332. The lowest BCUT2D eigenvalue weighted by atomic mass is 10.1. The van der Waals surface area contributed by atoms with Crippen molar-refractivity contribution in [1.82, 2.24) is 4.98 Å². The number of hydrogen-bond acceptors (Lipinski definition) is 4. The predicted octanol–water partition coefficient (Wildman–Crippen LogP) is 0.946. The summed E-state index contributed by atoms with van der Waals surface area (Å²) < 4.78 is 10.8. The van der Waals surface area contributed by atoms with Crippen molar-refractivity contribution in [1.29, 1.82) is 0 Å². The van der Waals surface area contributed by atoms with Crippen LogP contribution in [0, 0.1) is 6.92 Å². The topological polar surface area (TPSA) is 61.3 Å². The first-order chi connectivity index (χ1) is 6.31. The number of aryl methyl sites for hydroxylation is 1. The van der Waals surface area contributed by atoms with E-state index in [-0.39, 0.29) is 0 Å². The van der Waals surface area contributed by atoms with E-state index in [2.05, 4.69) is 4.98 Å². The summed E-state index contributed by atoms with van der Waals surface area (Å²) in [7, 11) is 0. The molecule has 72 valence electrons. The van der Waals surface area contributed by atoms with Gasteiger partial charge in [-0.3, -0.25) is 0 Å². The van der Waals surface area contributed by atoms with Crippen LogP contribution < -0.4 is 5.73 Å². The van der Waals surface area contributed by atoms with Crippen molar-refractivity contribution in [2.75, 3.05) is 13.2 Å². The summed E-state index contributed by atoms with van der Waals surface area (Å²) in [6.07, 6.45) is 1.00. The summed E-state index contributed by atoms with van der Waals surface area (Å²) >= 11 is 0. The maximum atomic E-state index is 5.53. The Morgan fingerprint density at radius 2 is 2.46 bits per heavy atom. The van der Waals surface area contributed by atoms with Gasteiger partial charge in [0.15, 0.2) is 5.89 Å². The molecule has 0 saturated carbocycles. The monoisotopic (exact) mass is 182 g/mol. The van der Waals surface area contributed by atoms with Crippen molar-refractivity contribution in [2.45, 2.75) is 25.8 Å². The molecular weight excluding hydrogens is 168 g/mol. The van der Waals surface area contributed by atoms with Gasteiger partial charge in [0.05, 0.1) is 24.8 Å². The van der Waals surface area contributed by atoms with Crippen LogP contribution in [0.1, 0.15) is 29.7 Å². The molecule has 1 fully saturated rings. The van der Waals surface area contributed by atoms with Gasteiger partial charge in [-0.1, -0.05) is 0 Å². The van der Waals surface area contributed by atoms with E-state index in [4.69, 9.17) is 14.9 Å². The normalized spacial score (nSPS) is 22.5. The Labute approximate surface area is 77.1 Å². The zero-order valence-electron chi connectivity index (χ0n) is 7.75. The summed E-state index contributed by atoms with van der Waals surface area (Å²) in [6, 6.07) is 0. The largest absolute Gasteiger partial charge is 0.444 e. The van der Waals surface area contributed by atoms with E-state index < -0.39 is 0 Å². The molecule has 0 aliphatic carbocycles. The summed E-state index contributed by atoms with van der Waals surface area (Å²) in [5.41, 5.74) is 6.40.